The topological polar surface area (TPSA) is 82.1 Å². The molecule has 4 aromatic rings. The van der Waals surface area contributed by atoms with Gasteiger partial charge in [0, 0.05) is 18.2 Å². The summed E-state index contributed by atoms with van der Waals surface area (Å²) in [6.45, 7) is 3.95. The average molecular weight is 491 g/mol. The van der Waals surface area contributed by atoms with Gasteiger partial charge in [0.05, 0.1) is 16.4 Å². The van der Waals surface area contributed by atoms with Crippen LogP contribution in [0.25, 0.3) is 17.0 Å². The lowest BCUT2D eigenvalue weighted by atomic mass is 9.98. The molecule has 7 nitrogen and oxygen atoms in total. The maximum Gasteiger partial charge on any atom is 0.295 e. The lowest BCUT2D eigenvalue weighted by Crippen LogP contribution is -2.23. The standard InChI is InChI=1S/C27H27ClN4O3/c1-4-8-17-13-14-19-18(15-17)9-7-10-20-24(30-35-25(19)20)26(33)29-23-16(2)31(3)32(27(23)34)22-12-6-5-11-21(22)28/h5-6,11-15H,4,7-10H2,1-3H3,(H,29,33). The summed E-state index contributed by atoms with van der Waals surface area (Å²) in [4.78, 5) is 26.6. The number of carbonyl (C=O) groups excluding carboxylic acids is 1. The number of benzene rings is 2. The van der Waals surface area contributed by atoms with Crippen LogP contribution in [0.2, 0.25) is 5.02 Å². The molecule has 2 heterocycles. The lowest BCUT2D eigenvalue weighted by molar-refractivity contribution is 0.101. The van der Waals surface area contributed by atoms with Crippen molar-refractivity contribution in [2.24, 2.45) is 7.05 Å². The van der Waals surface area contributed by atoms with Crippen LogP contribution in [-0.4, -0.2) is 20.4 Å². The Morgan fingerprint density at radius 2 is 2.00 bits per heavy atom. The molecule has 0 aliphatic heterocycles. The van der Waals surface area contributed by atoms with Gasteiger partial charge in [-0.05, 0) is 55.9 Å². The normalized spacial score (nSPS) is 12.7. The van der Waals surface area contributed by atoms with E-state index in [1.165, 1.54) is 15.8 Å². The van der Waals surface area contributed by atoms with Crippen LogP contribution in [0, 0.1) is 6.92 Å². The van der Waals surface area contributed by atoms with Crippen LogP contribution >= 0.6 is 11.6 Å². The molecule has 0 bridgehead atoms. The molecule has 35 heavy (non-hydrogen) atoms. The summed E-state index contributed by atoms with van der Waals surface area (Å²) in [5, 5.41) is 7.36. The minimum atomic E-state index is -0.460. The highest BCUT2D eigenvalue weighted by Crippen LogP contribution is 2.35. The van der Waals surface area contributed by atoms with Crippen LogP contribution in [0.4, 0.5) is 5.69 Å². The van der Waals surface area contributed by atoms with Gasteiger partial charge in [0.15, 0.2) is 11.5 Å². The summed E-state index contributed by atoms with van der Waals surface area (Å²) in [5.41, 5.74) is 5.48. The first kappa shape index (κ1) is 23.2. The first-order chi connectivity index (χ1) is 16.9. The third-order valence-electron chi connectivity index (χ3n) is 6.70. The van der Waals surface area contributed by atoms with Gasteiger partial charge in [0.25, 0.3) is 11.5 Å². The number of aryl methyl sites for hydroxylation is 2. The molecule has 1 amide bonds. The number of anilines is 1. The molecule has 0 unspecified atom stereocenters. The minimum Gasteiger partial charge on any atom is -0.355 e. The Morgan fingerprint density at radius 3 is 2.77 bits per heavy atom. The van der Waals surface area contributed by atoms with Crippen molar-refractivity contribution in [1.29, 1.82) is 0 Å². The van der Waals surface area contributed by atoms with Gasteiger partial charge in [0.1, 0.15) is 5.69 Å². The van der Waals surface area contributed by atoms with E-state index < -0.39 is 5.91 Å². The van der Waals surface area contributed by atoms with Crippen LogP contribution in [0.1, 0.15) is 52.6 Å². The molecule has 0 saturated heterocycles. The summed E-state index contributed by atoms with van der Waals surface area (Å²) >= 11 is 6.33. The summed E-state index contributed by atoms with van der Waals surface area (Å²) in [7, 11) is 1.75. The number of carbonyl (C=O) groups is 1. The van der Waals surface area contributed by atoms with Crippen molar-refractivity contribution in [3.63, 3.8) is 0 Å². The zero-order valence-electron chi connectivity index (χ0n) is 20.0. The van der Waals surface area contributed by atoms with Crippen molar-refractivity contribution in [3.05, 3.63) is 85.9 Å². The Kier molecular flexibility index (Phi) is 6.11. The van der Waals surface area contributed by atoms with E-state index in [4.69, 9.17) is 16.1 Å². The highest BCUT2D eigenvalue weighted by Gasteiger charge is 2.28. The SMILES string of the molecule is CCCc1ccc2c(c1)CCCc1c(C(=O)Nc3c(C)n(C)n(-c4ccccc4Cl)c3=O)noc1-2. The Balaban J connectivity index is 1.50. The zero-order chi connectivity index (χ0) is 24.7. The summed E-state index contributed by atoms with van der Waals surface area (Å²) < 4.78 is 8.83. The number of fused-ring (bicyclic) bond motifs is 3. The van der Waals surface area contributed by atoms with Crippen molar-refractivity contribution in [2.75, 3.05) is 5.32 Å². The summed E-state index contributed by atoms with van der Waals surface area (Å²) in [6, 6.07) is 13.5. The van der Waals surface area contributed by atoms with Crippen molar-refractivity contribution in [1.82, 2.24) is 14.5 Å². The van der Waals surface area contributed by atoms with Crippen LogP contribution in [0.3, 0.4) is 0 Å². The van der Waals surface area contributed by atoms with Gasteiger partial charge in [-0.2, -0.15) is 0 Å². The predicted octanol–water partition coefficient (Wildman–Crippen LogP) is 5.49. The van der Waals surface area contributed by atoms with E-state index in [0.29, 0.717) is 28.6 Å². The van der Waals surface area contributed by atoms with E-state index in [1.807, 2.05) is 6.07 Å². The van der Waals surface area contributed by atoms with E-state index in [2.05, 4.69) is 35.6 Å². The van der Waals surface area contributed by atoms with Gasteiger partial charge in [-0.25, -0.2) is 4.68 Å². The molecule has 1 N–H and O–H groups in total. The molecule has 0 fully saturated rings. The number of halogens is 1. The first-order valence-electron chi connectivity index (χ1n) is 11.9. The molecule has 0 radical (unpaired) electrons. The van der Waals surface area contributed by atoms with E-state index in [9.17, 15) is 9.59 Å². The summed E-state index contributed by atoms with van der Waals surface area (Å²) in [6.07, 6.45) is 4.61. The fraction of sp³-hybridized carbons (Fsp3) is 0.296. The Morgan fingerprint density at radius 1 is 1.20 bits per heavy atom. The van der Waals surface area contributed by atoms with Crippen LogP contribution in [0.5, 0.6) is 0 Å². The summed E-state index contributed by atoms with van der Waals surface area (Å²) in [5.74, 6) is 0.183. The van der Waals surface area contributed by atoms with Gasteiger partial charge < -0.3 is 9.84 Å². The Labute approximate surface area is 208 Å². The van der Waals surface area contributed by atoms with Gasteiger partial charge in [-0.3, -0.25) is 14.3 Å². The maximum atomic E-state index is 13.3. The number of nitrogens with one attached hydrogen (secondary N) is 1. The molecule has 5 rings (SSSR count). The molecule has 180 valence electrons. The number of amides is 1. The highest BCUT2D eigenvalue weighted by atomic mass is 35.5. The maximum absolute atomic E-state index is 13.3. The predicted molar refractivity (Wildman–Crippen MR) is 137 cm³/mol. The number of nitrogens with zero attached hydrogens (tertiary/aromatic N) is 3. The molecular weight excluding hydrogens is 464 g/mol. The molecule has 0 spiro atoms. The van der Waals surface area contributed by atoms with Gasteiger partial charge in [-0.15, -0.1) is 0 Å². The van der Waals surface area contributed by atoms with E-state index in [0.717, 1.165) is 36.8 Å². The molecule has 2 aromatic heterocycles. The molecule has 0 saturated carbocycles. The first-order valence-corrected chi connectivity index (χ1v) is 12.2. The van der Waals surface area contributed by atoms with Crippen molar-refractivity contribution in [2.45, 2.75) is 46.0 Å². The monoisotopic (exact) mass is 490 g/mol. The minimum absolute atomic E-state index is 0.187. The van der Waals surface area contributed by atoms with Gasteiger partial charge in [-0.1, -0.05) is 60.4 Å². The second kappa shape index (κ2) is 9.23. The van der Waals surface area contributed by atoms with Gasteiger partial charge >= 0.3 is 0 Å². The van der Waals surface area contributed by atoms with Crippen molar-refractivity contribution < 1.29 is 9.32 Å². The second-order valence-corrected chi connectivity index (χ2v) is 9.35. The fourth-order valence-electron chi connectivity index (χ4n) is 4.83. The Hall–Kier alpha value is -3.58. The fourth-order valence-corrected chi connectivity index (χ4v) is 5.04. The van der Waals surface area contributed by atoms with Crippen molar-refractivity contribution >= 4 is 23.2 Å². The average Bonchev–Trinajstić information content (AvgIpc) is 3.28. The number of para-hydroxylation sites is 1. The highest BCUT2D eigenvalue weighted by molar-refractivity contribution is 6.32. The lowest BCUT2D eigenvalue weighted by Gasteiger charge is -2.09. The second-order valence-electron chi connectivity index (χ2n) is 8.94. The molecule has 0 atom stereocenters. The Bertz CT molecular complexity index is 1490. The number of aromatic nitrogens is 3. The molecular formula is C27H27ClN4O3. The van der Waals surface area contributed by atoms with Crippen molar-refractivity contribution in [3.8, 4) is 17.0 Å². The van der Waals surface area contributed by atoms with E-state index >= 15 is 0 Å². The number of rotatable bonds is 5. The molecule has 2 aromatic carbocycles. The third-order valence-corrected chi connectivity index (χ3v) is 7.02. The molecule has 8 heteroatoms. The number of hydrogen-bond acceptors (Lipinski definition) is 4. The van der Waals surface area contributed by atoms with Crippen LogP contribution in [-0.2, 0) is 26.3 Å². The largest absolute Gasteiger partial charge is 0.355 e. The number of hydrogen-bond donors (Lipinski definition) is 1. The molecule has 1 aliphatic carbocycles. The third kappa shape index (κ3) is 4.00. The smallest absolute Gasteiger partial charge is 0.295 e. The van der Waals surface area contributed by atoms with Crippen LogP contribution in [0.15, 0.2) is 51.8 Å². The molecule has 1 aliphatic rings. The quantitative estimate of drug-likeness (QED) is 0.401. The van der Waals surface area contributed by atoms with Gasteiger partial charge in [0.2, 0.25) is 0 Å². The van der Waals surface area contributed by atoms with E-state index in [-0.39, 0.29) is 16.9 Å². The van der Waals surface area contributed by atoms with E-state index in [1.54, 1.807) is 36.9 Å². The van der Waals surface area contributed by atoms with Crippen LogP contribution < -0.4 is 10.9 Å². The zero-order valence-corrected chi connectivity index (χ0v) is 20.8.